The molecule has 0 bridgehead atoms. The Morgan fingerprint density at radius 2 is 2.26 bits per heavy atom. The number of hydrogen-bond donors (Lipinski definition) is 1. The lowest BCUT2D eigenvalue weighted by atomic mass is 10.2. The van der Waals surface area contributed by atoms with Crippen molar-refractivity contribution < 1.29 is 4.92 Å². The van der Waals surface area contributed by atoms with Gasteiger partial charge >= 0.3 is 5.69 Å². The van der Waals surface area contributed by atoms with Crippen LogP contribution in [0, 0.1) is 10.1 Å². The Morgan fingerprint density at radius 1 is 1.42 bits per heavy atom. The first kappa shape index (κ1) is 13.3. The Balaban J connectivity index is 2.39. The number of nitrogens with one attached hydrogen (secondary N) is 1. The molecule has 0 unspecified atom stereocenters. The summed E-state index contributed by atoms with van der Waals surface area (Å²) in [6.07, 6.45) is 3.03. The minimum absolute atomic E-state index is 0.0768. The summed E-state index contributed by atoms with van der Waals surface area (Å²) in [4.78, 5) is 19.3. The third-order valence-corrected chi connectivity index (χ3v) is 3.32. The zero-order valence-electron chi connectivity index (χ0n) is 10.2. The van der Waals surface area contributed by atoms with Gasteiger partial charge < -0.3 is 5.32 Å². The maximum Gasteiger partial charge on any atom is 0.306 e. The second kappa shape index (κ2) is 6.14. The zero-order chi connectivity index (χ0) is 13.7. The van der Waals surface area contributed by atoms with Crippen molar-refractivity contribution in [3.8, 4) is 0 Å². The van der Waals surface area contributed by atoms with Crippen molar-refractivity contribution in [2.24, 2.45) is 0 Å². The Bertz CT molecular complexity index is 577. The van der Waals surface area contributed by atoms with Gasteiger partial charge in [0, 0.05) is 12.7 Å². The largest absolute Gasteiger partial charge is 0.380 e. The quantitative estimate of drug-likeness (QED) is 0.513. The molecule has 0 aliphatic rings. The van der Waals surface area contributed by atoms with Crippen molar-refractivity contribution in [2.45, 2.75) is 16.8 Å². The van der Waals surface area contributed by atoms with Gasteiger partial charge in [0.25, 0.3) is 0 Å². The summed E-state index contributed by atoms with van der Waals surface area (Å²) in [6, 6.07) is 6.92. The Hall–Kier alpha value is -2.15. The first-order valence-electron chi connectivity index (χ1n) is 5.67. The molecule has 0 radical (unpaired) electrons. The second-order valence-electron chi connectivity index (χ2n) is 3.59. The standard InChI is InChI=1S/C12H12N4O2S/c1-2-14-9-4-3-5-10(12(9)16(17)18)19-11-6-7-13-8-15-11/h3-8,14H,2H2,1H3. The first-order chi connectivity index (χ1) is 9.22. The first-order valence-corrected chi connectivity index (χ1v) is 6.49. The van der Waals surface area contributed by atoms with E-state index in [0.717, 1.165) is 0 Å². The lowest BCUT2D eigenvalue weighted by molar-refractivity contribution is -0.386. The van der Waals surface area contributed by atoms with E-state index in [-0.39, 0.29) is 10.6 Å². The summed E-state index contributed by atoms with van der Waals surface area (Å²) in [5.74, 6) is 0. The van der Waals surface area contributed by atoms with Gasteiger partial charge in [-0.15, -0.1) is 0 Å². The van der Waals surface area contributed by atoms with Crippen LogP contribution in [0.15, 0.2) is 46.7 Å². The topological polar surface area (TPSA) is 81.0 Å². The fourth-order valence-corrected chi connectivity index (χ4v) is 2.46. The molecule has 0 aliphatic heterocycles. The van der Waals surface area contributed by atoms with E-state index in [0.29, 0.717) is 22.2 Å². The number of nitro benzene ring substituents is 1. The van der Waals surface area contributed by atoms with E-state index in [1.807, 2.05) is 6.92 Å². The average molecular weight is 276 g/mol. The monoisotopic (exact) mass is 276 g/mol. The number of aromatic nitrogens is 2. The molecule has 98 valence electrons. The summed E-state index contributed by atoms with van der Waals surface area (Å²) in [6.45, 7) is 2.52. The average Bonchev–Trinajstić information content (AvgIpc) is 2.40. The highest BCUT2D eigenvalue weighted by atomic mass is 32.2. The number of hydrogen-bond acceptors (Lipinski definition) is 6. The number of para-hydroxylation sites is 1. The maximum absolute atomic E-state index is 11.2. The molecule has 0 aliphatic carbocycles. The smallest absolute Gasteiger partial charge is 0.306 e. The molecule has 1 N–H and O–H groups in total. The van der Waals surface area contributed by atoms with Gasteiger partial charge in [-0.3, -0.25) is 10.1 Å². The summed E-state index contributed by atoms with van der Waals surface area (Å²) < 4.78 is 0. The predicted molar refractivity (Wildman–Crippen MR) is 73.4 cm³/mol. The summed E-state index contributed by atoms with van der Waals surface area (Å²) >= 11 is 1.25. The van der Waals surface area contributed by atoms with Crippen LogP contribution in [0.3, 0.4) is 0 Å². The molecule has 7 heteroatoms. The van der Waals surface area contributed by atoms with Crippen molar-refractivity contribution in [1.82, 2.24) is 9.97 Å². The van der Waals surface area contributed by atoms with Crippen LogP contribution in [-0.2, 0) is 0 Å². The van der Waals surface area contributed by atoms with Gasteiger partial charge in [0.1, 0.15) is 17.0 Å². The lowest BCUT2D eigenvalue weighted by Gasteiger charge is -2.08. The SMILES string of the molecule is CCNc1cccc(Sc2ccncn2)c1[N+](=O)[O-]. The molecular formula is C12H12N4O2S. The van der Waals surface area contributed by atoms with Gasteiger partial charge in [-0.05, 0) is 25.1 Å². The van der Waals surface area contributed by atoms with Crippen LogP contribution < -0.4 is 5.32 Å². The van der Waals surface area contributed by atoms with E-state index in [4.69, 9.17) is 0 Å². The Kier molecular flexibility index (Phi) is 4.30. The van der Waals surface area contributed by atoms with Crippen molar-refractivity contribution in [3.63, 3.8) is 0 Å². The van der Waals surface area contributed by atoms with E-state index >= 15 is 0 Å². The molecule has 0 atom stereocenters. The van der Waals surface area contributed by atoms with E-state index in [9.17, 15) is 10.1 Å². The van der Waals surface area contributed by atoms with Crippen molar-refractivity contribution in [3.05, 3.63) is 46.9 Å². The fraction of sp³-hybridized carbons (Fsp3) is 0.167. The van der Waals surface area contributed by atoms with E-state index in [1.165, 1.54) is 18.1 Å². The van der Waals surface area contributed by atoms with Gasteiger partial charge in [0.15, 0.2) is 0 Å². The molecule has 0 spiro atoms. The van der Waals surface area contributed by atoms with Gasteiger partial charge in [-0.2, -0.15) is 0 Å². The maximum atomic E-state index is 11.2. The second-order valence-corrected chi connectivity index (χ2v) is 4.65. The van der Waals surface area contributed by atoms with Crippen LogP contribution in [-0.4, -0.2) is 21.4 Å². The number of rotatable bonds is 5. The molecule has 0 fully saturated rings. The molecule has 1 aromatic heterocycles. The molecule has 2 aromatic rings. The normalized spacial score (nSPS) is 10.2. The van der Waals surface area contributed by atoms with E-state index in [1.54, 1.807) is 30.5 Å². The van der Waals surface area contributed by atoms with Crippen LogP contribution in [0.2, 0.25) is 0 Å². The minimum atomic E-state index is -0.373. The third-order valence-electron chi connectivity index (χ3n) is 2.32. The molecule has 19 heavy (non-hydrogen) atoms. The van der Waals surface area contributed by atoms with Crippen LogP contribution in [0.5, 0.6) is 0 Å². The van der Waals surface area contributed by atoms with Crippen LogP contribution in [0.1, 0.15) is 6.92 Å². The predicted octanol–water partition coefficient (Wildman–Crippen LogP) is 2.97. The highest BCUT2D eigenvalue weighted by molar-refractivity contribution is 7.99. The summed E-state index contributed by atoms with van der Waals surface area (Å²) in [5.41, 5.74) is 0.597. The molecule has 0 amide bonds. The highest BCUT2D eigenvalue weighted by Crippen LogP contribution is 2.38. The molecular weight excluding hydrogens is 264 g/mol. The van der Waals surface area contributed by atoms with Crippen molar-refractivity contribution in [1.29, 1.82) is 0 Å². The number of benzene rings is 1. The van der Waals surface area contributed by atoms with Gasteiger partial charge in [-0.1, -0.05) is 17.8 Å². The molecule has 1 heterocycles. The van der Waals surface area contributed by atoms with Gasteiger partial charge in [-0.25, -0.2) is 9.97 Å². The van der Waals surface area contributed by atoms with Gasteiger partial charge in [0.2, 0.25) is 0 Å². The molecule has 2 rings (SSSR count). The number of nitro groups is 1. The third kappa shape index (κ3) is 3.19. The van der Waals surface area contributed by atoms with E-state index < -0.39 is 0 Å². The minimum Gasteiger partial charge on any atom is -0.380 e. The molecule has 0 saturated heterocycles. The Morgan fingerprint density at radius 3 is 2.89 bits per heavy atom. The lowest BCUT2D eigenvalue weighted by Crippen LogP contribution is -2.02. The van der Waals surface area contributed by atoms with Crippen LogP contribution in [0.25, 0.3) is 0 Å². The summed E-state index contributed by atoms with van der Waals surface area (Å²) in [5, 5.41) is 14.9. The van der Waals surface area contributed by atoms with Crippen molar-refractivity contribution >= 4 is 23.1 Å². The summed E-state index contributed by atoms with van der Waals surface area (Å²) in [7, 11) is 0. The van der Waals surface area contributed by atoms with Crippen LogP contribution in [0.4, 0.5) is 11.4 Å². The van der Waals surface area contributed by atoms with E-state index in [2.05, 4.69) is 15.3 Å². The Labute approximate surface area is 114 Å². The van der Waals surface area contributed by atoms with Gasteiger partial charge in [0.05, 0.1) is 9.82 Å². The number of anilines is 1. The van der Waals surface area contributed by atoms with Crippen LogP contribution >= 0.6 is 11.8 Å². The zero-order valence-corrected chi connectivity index (χ0v) is 11.1. The van der Waals surface area contributed by atoms with Crippen molar-refractivity contribution in [2.75, 3.05) is 11.9 Å². The molecule has 6 nitrogen and oxygen atoms in total. The molecule has 0 saturated carbocycles. The number of nitrogens with zero attached hydrogens (tertiary/aromatic N) is 3. The fourth-order valence-electron chi connectivity index (χ4n) is 1.58. The highest BCUT2D eigenvalue weighted by Gasteiger charge is 2.20. The molecule has 1 aromatic carbocycles.